The molecule has 2 rings (SSSR count). The highest BCUT2D eigenvalue weighted by atomic mass is 79.9. The number of hydrogen-bond donors (Lipinski definition) is 2. The monoisotopic (exact) mass is 303 g/mol. The molecule has 1 aromatic rings. The van der Waals surface area contributed by atoms with Gasteiger partial charge in [0, 0.05) is 18.8 Å². The van der Waals surface area contributed by atoms with E-state index < -0.39 is 0 Å². The van der Waals surface area contributed by atoms with Gasteiger partial charge in [0.25, 0.3) is 0 Å². The zero-order valence-electron chi connectivity index (χ0n) is 8.97. The lowest BCUT2D eigenvalue weighted by atomic mass is 10.1. The molecule has 16 heavy (non-hydrogen) atoms. The van der Waals surface area contributed by atoms with Gasteiger partial charge in [0.15, 0.2) is 0 Å². The molecule has 1 atom stereocenters. The first-order valence-electron chi connectivity index (χ1n) is 5.54. The first-order chi connectivity index (χ1) is 7.75. The molecule has 0 radical (unpaired) electrons. The summed E-state index contributed by atoms with van der Waals surface area (Å²) in [5.74, 6) is 0.873. The Balaban J connectivity index is 2.01. The molecule has 1 aliphatic rings. The Morgan fingerprint density at radius 2 is 2.38 bits per heavy atom. The Morgan fingerprint density at radius 1 is 1.50 bits per heavy atom. The molecular formula is C11H15BrClN3. The average molecular weight is 305 g/mol. The van der Waals surface area contributed by atoms with Crippen LogP contribution in [-0.2, 0) is 0 Å². The number of aromatic nitrogens is 1. The van der Waals surface area contributed by atoms with Crippen LogP contribution >= 0.6 is 27.5 Å². The largest absolute Gasteiger partial charge is 0.365 e. The fraction of sp³-hybridized carbons (Fsp3) is 0.545. The van der Waals surface area contributed by atoms with E-state index in [0.29, 0.717) is 11.1 Å². The first-order valence-corrected chi connectivity index (χ1v) is 6.71. The molecule has 1 saturated heterocycles. The van der Waals surface area contributed by atoms with Crippen molar-refractivity contribution in [3.05, 3.63) is 21.8 Å². The minimum Gasteiger partial charge on any atom is -0.365 e. The molecule has 3 nitrogen and oxygen atoms in total. The first kappa shape index (κ1) is 12.1. The second-order valence-electron chi connectivity index (χ2n) is 4.03. The van der Waals surface area contributed by atoms with Crippen LogP contribution in [-0.4, -0.2) is 24.1 Å². The third-order valence-corrected chi connectivity index (χ3v) is 3.51. The van der Waals surface area contributed by atoms with E-state index in [1.54, 1.807) is 6.20 Å². The highest BCUT2D eigenvalue weighted by molar-refractivity contribution is 9.10. The van der Waals surface area contributed by atoms with Gasteiger partial charge in [-0.3, -0.25) is 0 Å². The molecule has 0 saturated carbocycles. The van der Waals surface area contributed by atoms with E-state index in [1.807, 2.05) is 6.07 Å². The average Bonchev–Trinajstić information content (AvgIpc) is 2.51. The van der Waals surface area contributed by atoms with Crippen molar-refractivity contribution < 1.29 is 0 Å². The van der Waals surface area contributed by atoms with Crippen LogP contribution in [0, 0.1) is 0 Å². The standard InChI is InChI=1S/C11H15BrClN3/c12-10-5-8(13)6-15-11(10)16-9-3-1-2-4-14-7-9/h5-6,9,14H,1-4,7H2,(H,15,16). The second kappa shape index (κ2) is 5.84. The molecule has 0 spiro atoms. The molecule has 5 heteroatoms. The number of nitrogens with zero attached hydrogens (tertiary/aromatic N) is 1. The van der Waals surface area contributed by atoms with Gasteiger partial charge in [-0.2, -0.15) is 0 Å². The van der Waals surface area contributed by atoms with Crippen LogP contribution in [0.3, 0.4) is 0 Å². The van der Waals surface area contributed by atoms with E-state index in [2.05, 4.69) is 31.5 Å². The number of pyridine rings is 1. The SMILES string of the molecule is Clc1cnc(NC2CCCCNC2)c(Br)c1. The number of rotatable bonds is 2. The molecule has 2 heterocycles. The van der Waals surface area contributed by atoms with Crippen molar-refractivity contribution in [1.29, 1.82) is 0 Å². The summed E-state index contributed by atoms with van der Waals surface area (Å²) in [5, 5.41) is 7.50. The molecule has 0 bridgehead atoms. The van der Waals surface area contributed by atoms with Gasteiger partial charge in [0.05, 0.1) is 9.50 Å². The summed E-state index contributed by atoms with van der Waals surface area (Å²) < 4.78 is 0.921. The van der Waals surface area contributed by atoms with E-state index in [9.17, 15) is 0 Å². The number of hydrogen-bond acceptors (Lipinski definition) is 3. The molecular weight excluding hydrogens is 289 g/mol. The van der Waals surface area contributed by atoms with Crippen LogP contribution in [0.25, 0.3) is 0 Å². The van der Waals surface area contributed by atoms with E-state index in [4.69, 9.17) is 11.6 Å². The van der Waals surface area contributed by atoms with Gasteiger partial charge in [0.2, 0.25) is 0 Å². The lowest BCUT2D eigenvalue weighted by Gasteiger charge is -2.17. The fourth-order valence-electron chi connectivity index (χ4n) is 1.86. The summed E-state index contributed by atoms with van der Waals surface area (Å²) in [7, 11) is 0. The summed E-state index contributed by atoms with van der Waals surface area (Å²) in [5.41, 5.74) is 0. The van der Waals surface area contributed by atoms with Gasteiger partial charge in [-0.05, 0) is 41.4 Å². The predicted molar refractivity (Wildman–Crippen MR) is 71.1 cm³/mol. The number of anilines is 1. The van der Waals surface area contributed by atoms with E-state index in [0.717, 1.165) is 23.4 Å². The molecule has 0 aromatic carbocycles. The third kappa shape index (κ3) is 3.34. The molecule has 1 unspecified atom stereocenters. The topological polar surface area (TPSA) is 37.0 Å². The smallest absolute Gasteiger partial charge is 0.140 e. The van der Waals surface area contributed by atoms with Crippen molar-refractivity contribution in [2.24, 2.45) is 0 Å². The van der Waals surface area contributed by atoms with Crippen LogP contribution in [0.1, 0.15) is 19.3 Å². The second-order valence-corrected chi connectivity index (χ2v) is 5.32. The van der Waals surface area contributed by atoms with Gasteiger partial charge in [0.1, 0.15) is 5.82 Å². The summed E-state index contributed by atoms with van der Waals surface area (Å²) in [6.07, 6.45) is 5.37. The Morgan fingerprint density at radius 3 is 3.19 bits per heavy atom. The molecule has 2 N–H and O–H groups in total. The van der Waals surface area contributed by atoms with Gasteiger partial charge in [-0.15, -0.1) is 0 Å². The van der Waals surface area contributed by atoms with E-state index in [1.165, 1.54) is 19.3 Å². The van der Waals surface area contributed by atoms with Gasteiger partial charge < -0.3 is 10.6 Å². The molecule has 1 aromatic heterocycles. The molecule has 1 aliphatic heterocycles. The van der Waals surface area contributed by atoms with Gasteiger partial charge in [-0.1, -0.05) is 18.0 Å². The minimum absolute atomic E-state index is 0.451. The Hall–Kier alpha value is -0.320. The highest BCUT2D eigenvalue weighted by Crippen LogP contribution is 2.24. The van der Waals surface area contributed by atoms with Gasteiger partial charge in [-0.25, -0.2) is 4.98 Å². The van der Waals surface area contributed by atoms with Crippen molar-refractivity contribution in [3.63, 3.8) is 0 Å². The maximum Gasteiger partial charge on any atom is 0.140 e. The van der Waals surface area contributed by atoms with Crippen molar-refractivity contribution in [3.8, 4) is 0 Å². The Labute approximate surface area is 109 Å². The van der Waals surface area contributed by atoms with Crippen LogP contribution in [0.2, 0.25) is 5.02 Å². The van der Waals surface area contributed by atoms with Crippen LogP contribution in [0.4, 0.5) is 5.82 Å². The lowest BCUT2D eigenvalue weighted by Crippen LogP contribution is -2.31. The van der Waals surface area contributed by atoms with Crippen LogP contribution in [0.15, 0.2) is 16.7 Å². The number of nitrogens with one attached hydrogen (secondary N) is 2. The Kier molecular flexibility index (Phi) is 4.44. The molecule has 88 valence electrons. The minimum atomic E-state index is 0.451. The summed E-state index contributed by atoms with van der Waals surface area (Å²) in [4.78, 5) is 4.28. The maximum atomic E-state index is 5.85. The normalized spacial score (nSPS) is 21.5. The lowest BCUT2D eigenvalue weighted by molar-refractivity contribution is 0.633. The summed E-state index contributed by atoms with van der Waals surface area (Å²) >= 11 is 9.32. The van der Waals surface area contributed by atoms with E-state index in [-0.39, 0.29) is 0 Å². The summed E-state index contributed by atoms with van der Waals surface area (Å²) in [6, 6.07) is 2.31. The quantitative estimate of drug-likeness (QED) is 0.882. The molecule has 1 fully saturated rings. The van der Waals surface area contributed by atoms with E-state index >= 15 is 0 Å². The predicted octanol–water partition coefficient (Wildman–Crippen LogP) is 3.05. The van der Waals surface area contributed by atoms with Crippen molar-refractivity contribution in [1.82, 2.24) is 10.3 Å². The van der Waals surface area contributed by atoms with Gasteiger partial charge >= 0.3 is 0 Å². The molecule has 0 aliphatic carbocycles. The zero-order chi connectivity index (χ0) is 11.4. The highest BCUT2D eigenvalue weighted by Gasteiger charge is 2.13. The summed E-state index contributed by atoms with van der Waals surface area (Å²) in [6.45, 7) is 2.12. The van der Waals surface area contributed by atoms with Crippen molar-refractivity contribution in [2.75, 3.05) is 18.4 Å². The Bertz CT molecular complexity index is 351. The third-order valence-electron chi connectivity index (χ3n) is 2.70. The van der Waals surface area contributed by atoms with Crippen molar-refractivity contribution in [2.45, 2.75) is 25.3 Å². The van der Waals surface area contributed by atoms with Crippen molar-refractivity contribution >= 4 is 33.3 Å². The van der Waals surface area contributed by atoms with Crippen LogP contribution in [0.5, 0.6) is 0 Å². The molecule has 0 amide bonds. The fourth-order valence-corrected chi connectivity index (χ4v) is 2.61. The van der Waals surface area contributed by atoms with Crippen LogP contribution < -0.4 is 10.6 Å². The maximum absolute atomic E-state index is 5.85. The zero-order valence-corrected chi connectivity index (χ0v) is 11.3. The number of halogens is 2.